The number of esters is 1. The zero-order valence-corrected chi connectivity index (χ0v) is 34.1. The molecule has 4 aliphatic rings. The van der Waals surface area contributed by atoms with Gasteiger partial charge in [0.1, 0.15) is 40.3 Å². The molecule has 57 heavy (non-hydrogen) atoms. The number of nitrogen functional groups attached to an aromatic ring is 2. The fraction of sp³-hybridized carbons (Fsp3) is 0.512. The lowest BCUT2D eigenvalue weighted by molar-refractivity contribution is -0.328. The van der Waals surface area contributed by atoms with E-state index in [-0.39, 0.29) is 36.6 Å². The number of hydrogen-bond acceptors (Lipinski definition) is 12. The molecule has 1 unspecified atom stereocenters. The Labute approximate surface area is 338 Å². The van der Waals surface area contributed by atoms with Gasteiger partial charge in [-0.25, -0.2) is 4.79 Å². The van der Waals surface area contributed by atoms with Crippen LogP contribution >= 0.6 is 11.6 Å². The van der Waals surface area contributed by atoms with Crippen LogP contribution in [0, 0.1) is 0 Å². The van der Waals surface area contributed by atoms with Gasteiger partial charge in [0.15, 0.2) is 5.72 Å². The monoisotopic (exact) mass is 811 g/mol. The average molecular weight is 812 g/mol. The van der Waals surface area contributed by atoms with E-state index in [9.17, 15) is 24.3 Å². The zero-order chi connectivity index (χ0) is 41.7. The van der Waals surface area contributed by atoms with Crippen LogP contribution in [0.1, 0.15) is 81.6 Å². The van der Waals surface area contributed by atoms with Crippen molar-refractivity contribution in [2.75, 3.05) is 44.2 Å². The zero-order valence-electron chi connectivity index (χ0n) is 33.3. The van der Waals surface area contributed by atoms with E-state index in [1.165, 1.54) is 25.2 Å². The number of anilines is 3. The van der Waals surface area contributed by atoms with Crippen LogP contribution in [0.4, 0.5) is 21.9 Å². The van der Waals surface area contributed by atoms with E-state index in [0.717, 1.165) is 11.1 Å². The third-order valence-electron chi connectivity index (χ3n) is 10.8. The molecule has 6 atom stereocenters. The summed E-state index contributed by atoms with van der Waals surface area (Å²) < 4.78 is 29.5. The minimum atomic E-state index is -1.84. The molecule has 2 fully saturated rings. The molecule has 6 rings (SSSR count). The maximum Gasteiger partial charge on any atom is 0.409 e. The predicted molar refractivity (Wildman–Crippen MR) is 215 cm³/mol. The number of fused-ring (bicyclic) bond motifs is 6. The summed E-state index contributed by atoms with van der Waals surface area (Å²) in [5.74, 6) is -0.833. The Hall–Kier alpha value is -4.83. The number of nitrogens with zero attached hydrogens (tertiary/aromatic N) is 1. The Morgan fingerprint density at radius 1 is 1.09 bits per heavy atom. The molecule has 2 aromatic rings. The van der Waals surface area contributed by atoms with Crippen LogP contribution in [0.15, 0.2) is 54.1 Å². The van der Waals surface area contributed by atoms with Crippen LogP contribution in [0.3, 0.4) is 0 Å². The number of amides is 3. The number of methoxy groups -OCH3 is 2. The van der Waals surface area contributed by atoms with Crippen LogP contribution in [0.5, 0.6) is 5.75 Å². The van der Waals surface area contributed by atoms with E-state index in [2.05, 4.69) is 10.6 Å². The number of halogens is 1. The Bertz CT molecular complexity index is 1910. The largest absolute Gasteiger partial charge is 0.495 e. The number of benzene rings is 2. The van der Waals surface area contributed by atoms with Gasteiger partial charge in [0.25, 0.3) is 5.91 Å². The van der Waals surface area contributed by atoms with Gasteiger partial charge in [-0.2, -0.15) is 0 Å². The second kappa shape index (κ2) is 17.8. The van der Waals surface area contributed by atoms with Crippen LogP contribution in [0.25, 0.3) is 0 Å². The van der Waals surface area contributed by atoms with E-state index in [1.807, 2.05) is 19.1 Å². The number of allylic oxidation sites excluding steroid dienone is 3. The summed E-state index contributed by atoms with van der Waals surface area (Å²) >= 11 is 6.76. The number of alkyl carbamates (subject to hydrolysis) is 1. The first kappa shape index (κ1) is 43.3. The Kier molecular flexibility index (Phi) is 13.5. The first-order chi connectivity index (χ1) is 26.9. The van der Waals surface area contributed by atoms with E-state index >= 15 is 0 Å². The van der Waals surface area contributed by atoms with Crippen LogP contribution in [-0.2, 0) is 35.0 Å². The molecule has 0 aliphatic carbocycles. The van der Waals surface area contributed by atoms with Crippen molar-refractivity contribution in [1.29, 1.82) is 0 Å². The van der Waals surface area contributed by atoms with E-state index in [0.29, 0.717) is 60.6 Å². The highest BCUT2D eigenvalue weighted by Gasteiger charge is 2.63. The molecule has 310 valence electrons. The molecule has 0 radical (unpaired) electrons. The number of carbonyl (C=O) groups is 4. The molecule has 0 aromatic heterocycles. The smallest absolute Gasteiger partial charge is 0.409 e. The Morgan fingerprint density at radius 2 is 1.82 bits per heavy atom. The summed E-state index contributed by atoms with van der Waals surface area (Å²) in [6.07, 6.45) is 3.56. The molecular weight excluding hydrogens is 758 g/mol. The molecule has 2 aromatic carbocycles. The molecule has 4 heterocycles. The van der Waals surface area contributed by atoms with Crippen molar-refractivity contribution >= 4 is 52.5 Å². The summed E-state index contributed by atoms with van der Waals surface area (Å²) in [6, 6.07) is 8.29. The van der Waals surface area contributed by atoms with Crippen molar-refractivity contribution in [3.05, 3.63) is 70.3 Å². The maximum atomic E-state index is 14.1. The fourth-order valence-corrected chi connectivity index (χ4v) is 8.02. The minimum absolute atomic E-state index is 0.0547. The maximum absolute atomic E-state index is 14.1. The molecule has 3 amide bonds. The highest BCUT2D eigenvalue weighted by Crippen LogP contribution is 2.50. The summed E-state index contributed by atoms with van der Waals surface area (Å²) in [7, 11) is 4.52. The number of nitrogens with two attached hydrogens (primary N) is 2. The van der Waals surface area contributed by atoms with Crippen molar-refractivity contribution in [1.82, 2.24) is 10.6 Å². The fourth-order valence-electron chi connectivity index (χ4n) is 7.71. The third-order valence-corrected chi connectivity index (χ3v) is 11.2. The predicted octanol–water partition coefficient (Wildman–Crippen LogP) is 4.97. The van der Waals surface area contributed by atoms with Gasteiger partial charge >= 0.3 is 12.1 Å². The second-order valence-corrected chi connectivity index (χ2v) is 15.8. The number of aliphatic hydroxyl groups is 1. The summed E-state index contributed by atoms with van der Waals surface area (Å²) in [6.45, 7) is 5.79. The molecule has 4 aliphatic heterocycles. The van der Waals surface area contributed by atoms with E-state index < -0.39 is 53.2 Å². The van der Waals surface area contributed by atoms with Gasteiger partial charge in [0.05, 0.1) is 30.6 Å². The SMILES string of the molecule is COc1cc2cc(c1Cl)N(C)C(=O)C[C@H](OC(=O)CCCCCNC(=O)c1ccc(N)c(N)c1)[C@@]1(C)CC(C)(O1)[C@@H]1C[C@@](O)(NC(=O)O1)[C@H](OC)/C=C/C=C(\C)C2. The van der Waals surface area contributed by atoms with Gasteiger partial charge in [-0.05, 0) is 75.9 Å². The highest BCUT2D eigenvalue weighted by atomic mass is 35.5. The van der Waals surface area contributed by atoms with Gasteiger partial charge in [-0.15, -0.1) is 0 Å². The highest BCUT2D eigenvalue weighted by molar-refractivity contribution is 6.35. The Morgan fingerprint density at radius 3 is 2.51 bits per heavy atom. The van der Waals surface area contributed by atoms with E-state index in [1.54, 1.807) is 51.2 Å². The summed E-state index contributed by atoms with van der Waals surface area (Å²) in [5, 5.41) is 17.3. The van der Waals surface area contributed by atoms with Gasteiger partial charge in [-0.3, -0.25) is 19.7 Å². The molecular formula is C41H54ClN5O10. The van der Waals surface area contributed by atoms with Crippen molar-refractivity contribution < 1.29 is 48.0 Å². The molecule has 16 heteroatoms. The number of carbonyl (C=O) groups excluding carboxylic acids is 4. The standard InChI is InChI=1S/C41H54ClN5O10/c1-24-11-10-12-31(54-6)41(52)22-33(56-38(51)46-41)40(3)23-39(2,57-40)32(21-34(48)47(4)29-18-25(17-24)19-30(53-5)36(29)42)55-35(49)13-8-7-9-16-45-37(50)26-14-15-27(43)28(44)20-26/h10-12,14-15,18-20,31-33,52H,7-9,13,16-17,21-23,43-44H2,1-6H3,(H,45,50)(H,46,51)/b12-10+,24-11+/t31-,32+,33+,39-,40?,41+/m1/s1. The Balaban J connectivity index is 1.35. The number of nitrogens with one attached hydrogen (secondary N) is 2. The number of hydrogen-bond donors (Lipinski definition) is 5. The first-order valence-electron chi connectivity index (χ1n) is 18.9. The van der Waals surface area contributed by atoms with Gasteiger partial charge in [0, 0.05) is 45.5 Å². The van der Waals surface area contributed by atoms with Crippen molar-refractivity contribution in [3.8, 4) is 5.75 Å². The molecule has 6 bridgehead atoms. The topological polar surface area (TPSA) is 214 Å². The number of ether oxygens (including phenoxy) is 5. The summed E-state index contributed by atoms with van der Waals surface area (Å²) in [4.78, 5) is 54.3. The van der Waals surface area contributed by atoms with Crippen LogP contribution in [-0.4, -0.2) is 92.0 Å². The molecule has 7 N–H and O–H groups in total. The second-order valence-electron chi connectivity index (χ2n) is 15.5. The average Bonchev–Trinajstić information content (AvgIpc) is 3.14. The quantitative estimate of drug-likeness (QED) is 0.122. The van der Waals surface area contributed by atoms with Gasteiger partial charge < -0.3 is 50.5 Å². The van der Waals surface area contributed by atoms with Gasteiger partial charge in [-0.1, -0.05) is 41.8 Å². The lowest BCUT2D eigenvalue weighted by Crippen LogP contribution is -2.72. The van der Waals surface area contributed by atoms with Crippen LogP contribution < -0.4 is 31.7 Å². The van der Waals surface area contributed by atoms with E-state index in [4.69, 9.17) is 46.8 Å². The molecule has 0 saturated carbocycles. The molecule has 2 saturated heterocycles. The minimum Gasteiger partial charge on any atom is -0.495 e. The summed E-state index contributed by atoms with van der Waals surface area (Å²) in [5.41, 5.74) is 10.7. The lowest BCUT2D eigenvalue weighted by atomic mass is 9.72. The lowest BCUT2D eigenvalue weighted by Gasteiger charge is -2.59. The van der Waals surface area contributed by atoms with Crippen molar-refractivity contribution in [2.24, 2.45) is 0 Å². The van der Waals surface area contributed by atoms with Crippen molar-refractivity contribution in [2.45, 2.75) is 107 Å². The molecule has 0 spiro atoms. The molecule has 15 nitrogen and oxygen atoms in total. The normalized spacial score (nSPS) is 29.2. The van der Waals surface area contributed by atoms with Crippen LogP contribution in [0.2, 0.25) is 5.02 Å². The number of rotatable bonds is 10. The third kappa shape index (κ3) is 10.0. The van der Waals surface area contributed by atoms with Crippen molar-refractivity contribution in [3.63, 3.8) is 0 Å². The first-order valence-corrected chi connectivity index (χ1v) is 19.3. The number of unbranched alkanes of at least 4 members (excludes halogenated alkanes) is 2. The van der Waals surface area contributed by atoms with Gasteiger partial charge in [0.2, 0.25) is 5.91 Å².